The minimum Gasteiger partial charge on any atom is -0.345 e. The minimum atomic E-state index is -3.09. The summed E-state index contributed by atoms with van der Waals surface area (Å²) < 4.78 is 41.7. The molecule has 2 fully saturated rings. The smallest absolute Gasteiger partial charge is 0.266 e. The Balaban J connectivity index is 1.81. The first-order valence-corrected chi connectivity index (χ1v) is 8.28. The number of nitrogens with zero attached hydrogens (tertiary/aromatic N) is 2. The van der Waals surface area contributed by atoms with Gasteiger partial charge in [-0.25, -0.2) is 13.2 Å². The van der Waals surface area contributed by atoms with Gasteiger partial charge in [0, 0.05) is 26.6 Å². The van der Waals surface area contributed by atoms with Crippen molar-refractivity contribution in [3.8, 4) is 0 Å². The first kappa shape index (κ1) is 17.8. The lowest BCUT2D eigenvalue weighted by molar-refractivity contribution is -0.162. The van der Waals surface area contributed by atoms with Gasteiger partial charge >= 0.3 is 0 Å². The number of halogens is 3. The standard InChI is InChI=1S/C18H21F3N2O2/c1-12-7-14(19)4-3-13(12)8-15(24)23-10-17(9-18(20,21)11-23)5-6-22(2)16(17)25/h3-4,7H,5-6,8-11H2,1-2H3/t17-/m1/s1. The van der Waals surface area contributed by atoms with Gasteiger partial charge in [0.1, 0.15) is 5.82 Å². The van der Waals surface area contributed by atoms with E-state index in [9.17, 15) is 22.8 Å². The van der Waals surface area contributed by atoms with Gasteiger partial charge in [0.05, 0.1) is 18.4 Å². The monoisotopic (exact) mass is 354 g/mol. The Morgan fingerprint density at radius 3 is 2.60 bits per heavy atom. The summed E-state index contributed by atoms with van der Waals surface area (Å²) in [6.45, 7) is 1.44. The van der Waals surface area contributed by atoms with Gasteiger partial charge in [0.15, 0.2) is 0 Å². The van der Waals surface area contributed by atoms with Crippen LogP contribution in [0.15, 0.2) is 18.2 Å². The van der Waals surface area contributed by atoms with E-state index in [0.717, 1.165) is 4.90 Å². The van der Waals surface area contributed by atoms with Gasteiger partial charge in [-0.3, -0.25) is 9.59 Å². The molecule has 25 heavy (non-hydrogen) atoms. The van der Waals surface area contributed by atoms with E-state index in [-0.39, 0.29) is 18.9 Å². The van der Waals surface area contributed by atoms with Crippen LogP contribution < -0.4 is 0 Å². The molecule has 3 rings (SSSR count). The highest BCUT2D eigenvalue weighted by Crippen LogP contribution is 2.45. The molecule has 1 aromatic rings. The van der Waals surface area contributed by atoms with Gasteiger partial charge < -0.3 is 9.80 Å². The molecule has 7 heteroatoms. The molecule has 0 saturated carbocycles. The lowest BCUT2D eigenvalue weighted by Crippen LogP contribution is -2.57. The SMILES string of the molecule is Cc1cc(F)ccc1CC(=O)N1CC(F)(F)C[C@]2(CCN(C)C2=O)C1. The van der Waals surface area contributed by atoms with Crippen molar-refractivity contribution in [2.24, 2.45) is 5.41 Å². The highest BCUT2D eigenvalue weighted by atomic mass is 19.3. The molecule has 0 aromatic heterocycles. The minimum absolute atomic E-state index is 0.0187. The summed E-state index contributed by atoms with van der Waals surface area (Å²) in [5.74, 6) is -4.28. The zero-order valence-corrected chi connectivity index (χ0v) is 14.3. The maximum Gasteiger partial charge on any atom is 0.266 e. The Kier molecular flexibility index (Phi) is 4.29. The average molecular weight is 354 g/mol. The van der Waals surface area contributed by atoms with Crippen molar-refractivity contribution in [1.29, 1.82) is 0 Å². The number of alkyl halides is 2. The molecule has 0 radical (unpaired) electrons. The van der Waals surface area contributed by atoms with Gasteiger partial charge in [-0.05, 0) is 36.6 Å². The molecule has 2 aliphatic heterocycles. The van der Waals surface area contributed by atoms with Crippen LogP contribution in [0.25, 0.3) is 0 Å². The van der Waals surface area contributed by atoms with E-state index in [1.807, 2.05) is 0 Å². The number of carbonyl (C=O) groups excluding carboxylic acids is 2. The summed E-state index contributed by atoms with van der Waals surface area (Å²) in [6, 6.07) is 4.05. The van der Waals surface area contributed by atoms with E-state index in [2.05, 4.69) is 0 Å². The second kappa shape index (κ2) is 6.04. The van der Waals surface area contributed by atoms with Crippen LogP contribution in [0, 0.1) is 18.2 Å². The van der Waals surface area contributed by atoms with Crippen LogP contribution in [-0.4, -0.2) is 54.2 Å². The zero-order valence-electron chi connectivity index (χ0n) is 14.3. The third-order valence-corrected chi connectivity index (χ3v) is 5.24. The lowest BCUT2D eigenvalue weighted by atomic mass is 9.76. The van der Waals surface area contributed by atoms with Crippen LogP contribution in [0.3, 0.4) is 0 Å². The topological polar surface area (TPSA) is 40.6 Å². The number of benzene rings is 1. The summed E-state index contributed by atoms with van der Waals surface area (Å²) >= 11 is 0. The summed E-state index contributed by atoms with van der Waals surface area (Å²) in [4.78, 5) is 27.5. The van der Waals surface area contributed by atoms with E-state index in [4.69, 9.17) is 0 Å². The first-order valence-electron chi connectivity index (χ1n) is 8.28. The summed E-state index contributed by atoms with van der Waals surface area (Å²) in [7, 11) is 1.60. The predicted octanol–water partition coefficient (Wildman–Crippen LogP) is 2.39. The number of hydrogen-bond donors (Lipinski definition) is 0. The van der Waals surface area contributed by atoms with Crippen LogP contribution in [-0.2, 0) is 16.0 Å². The van der Waals surface area contributed by atoms with E-state index in [0.29, 0.717) is 24.1 Å². The molecule has 0 unspecified atom stereocenters. The number of likely N-dealkylation sites (tertiary alicyclic amines) is 2. The van der Waals surface area contributed by atoms with Crippen molar-refractivity contribution in [3.05, 3.63) is 35.1 Å². The molecule has 1 atom stereocenters. The fraction of sp³-hybridized carbons (Fsp3) is 0.556. The Morgan fingerprint density at radius 2 is 2.00 bits per heavy atom. The maximum atomic E-state index is 14.3. The second-order valence-corrected chi connectivity index (χ2v) is 7.29. The highest BCUT2D eigenvalue weighted by molar-refractivity contribution is 5.87. The molecule has 2 aliphatic rings. The van der Waals surface area contributed by atoms with Gasteiger partial charge in [-0.2, -0.15) is 0 Å². The highest BCUT2D eigenvalue weighted by Gasteiger charge is 2.56. The fourth-order valence-corrected chi connectivity index (χ4v) is 3.92. The maximum absolute atomic E-state index is 14.3. The fourth-order valence-electron chi connectivity index (χ4n) is 3.92. The Labute approximate surface area is 144 Å². The summed E-state index contributed by atoms with van der Waals surface area (Å²) in [5.41, 5.74) is 0.0111. The number of carbonyl (C=O) groups is 2. The number of piperidine rings is 1. The molecular formula is C18H21F3N2O2. The quantitative estimate of drug-likeness (QED) is 0.818. The molecule has 4 nitrogen and oxygen atoms in total. The number of aryl methyl sites for hydroxylation is 1. The molecule has 2 amide bonds. The van der Waals surface area contributed by atoms with Crippen LogP contribution in [0.4, 0.5) is 13.2 Å². The lowest BCUT2D eigenvalue weighted by Gasteiger charge is -2.42. The Bertz CT molecular complexity index is 722. The predicted molar refractivity (Wildman–Crippen MR) is 85.7 cm³/mol. The molecule has 2 heterocycles. The third-order valence-electron chi connectivity index (χ3n) is 5.24. The molecule has 2 saturated heterocycles. The van der Waals surface area contributed by atoms with Gasteiger partial charge in [0.2, 0.25) is 11.8 Å². The van der Waals surface area contributed by atoms with Crippen LogP contribution >= 0.6 is 0 Å². The van der Waals surface area contributed by atoms with Crippen molar-refractivity contribution in [3.63, 3.8) is 0 Å². The van der Waals surface area contributed by atoms with E-state index < -0.39 is 36.0 Å². The van der Waals surface area contributed by atoms with Crippen molar-refractivity contribution < 1.29 is 22.8 Å². The molecule has 1 spiro atoms. The Hall–Kier alpha value is -2.05. The van der Waals surface area contributed by atoms with Crippen LogP contribution in [0.1, 0.15) is 24.0 Å². The van der Waals surface area contributed by atoms with E-state index >= 15 is 0 Å². The average Bonchev–Trinajstić information content (AvgIpc) is 2.77. The molecule has 0 aliphatic carbocycles. The number of hydrogen-bond acceptors (Lipinski definition) is 2. The molecule has 0 bridgehead atoms. The summed E-state index contributed by atoms with van der Waals surface area (Å²) in [5, 5.41) is 0. The first-order chi connectivity index (χ1) is 11.6. The summed E-state index contributed by atoms with van der Waals surface area (Å²) in [6.07, 6.45) is -0.262. The Morgan fingerprint density at radius 1 is 1.28 bits per heavy atom. The van der Waals surface area contributed by atoms with E-state index in [1.54, 1.807) is 14.0 Å². The molecule has 1 aromatic carbocycles. The second-order valence-electron chi connectivity index (χ2n) is 7.29. The molecule has 136 valence electrons. The number of amides is 2. The van der Waals surface area contributed by atoms with Crippen LogP contribution in [0.5, 0.6) is 0 Å². The largest absolute Gasteiger partial charge is 0.345 e. The molecule has 0 N–H and O–H groups in total. The molecular weight excluding hydrogens is 333 g/mol. The van der Waals surface area contributed by atoms with Crippen molar-refractivity contribution in [2.45, 2.75) is 32.1 Å². The van der Waals surface area contributed by atoms with Crippen molar-refractivity contribution in [1.82, 2.24) is 9.80 Å². The normalized spacial score (nSPS) is 25.7. The van der Waals surface area contributed by atoms with Gasteiger partial charge in [-0.1, -0.05) is 6.07 Å². The van der Waals surface area contributed by atoms with Crippen molar-refractivity contribution >= 4 is 11.8 Å². The third kappa shape index (κ3) is 3.37. The van der Waals surface area contributed by atoms with Gasteiger partial charge in [-0.15, -0.1) is 0 Å². The van der Waals surface area contributed by atoms with Crippen LogP contribution in [0.2, 0.25) is 0 Å². The number of rotatable bonds is 2. The van der Waals surface area contributed by atoms with E-state index in [1.165, 1.54) is 23.1 Å². The van der Waals surface area contributed by atoms with Gasteiger partial charge in [0.25, 0.3) is 5.92 Å². The van der Waals surface area contributed by atoms with Crippen molar-refractivity contribution in [2.75, 3.05) is 26.7 Å². The zero-order chi connectivity index (χ0) is 18.4.